The SMILES string of the molecule is C=CC(=O)N1CC2(CCN(c3nc(N4CC(N5CC[C@@H](C(C)(C)O)C5)C4)nc4c(OCC(F)(F)F)c(-c5c(C)ccc6[nH]ncc56)c(C5CC5)cc34)CC2)C1. The first-order valence-electron chi connectivity index (χ1n) is 19.6. The van der Waals surface area contributed by atoms with Crippen LogP contribution < -0.4 is 14.5 Å². The van der Waals surface area contributed by atoms with E-state index in [0.717, 1.165) is 72.8 Å². The number of piperidine rings is 1. The van der Waals surface area contributed by atoms with Crippen LogP contribution in [-0.4, -0.2) is 118 Å². The van der Waals surface area contributed by atoms with Gasteiger partial charge < -0.3 is 24.5 Å². The van der Waals surface area contributed by atoms with Crippen molar-refractivity contribution in [2.45, 2.75) is 76.6 Å². The second-order valence-corrected chi connectivity index (χ2v) is 17.3. The van der Waals surface area contributed by atoms with Gasteiger partial charge in [0.2, 0.25) is 11.9 Å². The first-order chi connectivity index (χ1) is 26.2. The van der Waals surface area contributed by atoms with E-state index in [-0.39, 0.29) is 34.9 Å². The Kier molecular flexibility index (Phi) is 8.61. The van der Waals surface area contributed by atoms with Gasteiger partial charge in [-0.3, -0.25) is 14.8 Å². The number of alkyl halides is 3. The molecule has 6 heterocycles. The molecule has 5 aliphatic rings. The van der Waals surface area contributed by atoms with Crippen molar-refractivity contribution in [3.05, 3.63) is 48.2 Å². The number of hydrogen-bond donors (Lipinski definition) is 2. The molecule has 2 aromatic heterocycles. The highest BCUT2D eigenvalue weighted by molar-refractivity contribution is 6.06. The number of nitrogens with zero attached hydrogens (tertiary/aromatic N) is 7. The summed E-state index contributed by atoms with van der Waals surface area (Å²) < 4.78 is 48.4. The minimum atomic E-state index is -4.57. The molecule has 4 saturated heterocycles. The molecule has 55 heavy (non-hydrogen) atoms. The lowest BCUT2D eigenvalue weighted by Crippen LogP contribution is -2.61. The van der Waals surface area contributed by atoms with Gasteiger partial charge in [-0.2, -0.15) is 23.3 Å². The van der Waals surface area contributed by atoms with E-state index in [2.05, 4.69) is 37.5 Å². The first-order valence-corrected chi connectivity index (χ1v) is 19.6. The number of aryl methyl sites for hydroxylation is 1. The van der Waals surface area contributed by atoms with Crippen molar-refractivity contribution in [3.63, 3.8) is 0 Å². The second kappa shape index (κ2) is 13.1. The Morgan fingerprint density at radius 3 is 2.44 bits per heavy atom. The number of rotatable bonds is 9. The molecule has 0 bridgehead atoms. The van der Waals surface area contributed by atoms with Crippen LogP contribution in [-0.2, 0) is 4.79 Å². The number of H-pyrrole nitrogens is 1. The highest BCUT2D eigenvalue weighted by Crippen LogP contribution is 2.53. The van der Waals surface area contributed by atoms with Gasteiger partial charge >= 0.3 is 6.18 Å². The quantitative estimate of drug-likeness (QED) is 0.193. The van der Waals surface area contributed by atoms with Crippen LogP contribution in [0, 0.1) is 18.3 Å². The zero-order valence-corrected chi connectivity index (χ0v) is 31.8. The molecule has 2 aromatic carbocycles. The minimum absolute atomic E-state index is 0.0381. The highest BCUT2D eigenvalue weighted by Gasteiger charge is 2.47. The van der Waals surface area contributed by atoms with Gasteiger partial charge in [0.25, 0.3) is 0 Å². The number of amides is 1. The zero-order valence-electron chi connectivity index (χ0n) is 31.8. The van der Waals surface area contributed by atoms with E-state index in [4.69, 9.17) is 14.7 Å². The molecule has 4 aliphatic heterocycles. The summed E-state index contributed by atoms with van der Waals surface area (Å²) in [6.45, 7) is 13.8. The molecule has 292 valence electrons. The number of aromatic amines is 1. The lowest BCUT2D eigenvalue weighted by molar-refractivity contribution is -0.153. The van der Waals surface area contributed by atoms with Crippen LogP contribution in [0.2, 0.25) is 0 Å². The predicted molar refractivity (Wildman–Crippen MR) is 206 cm³/mol. The van der Waals surface area contributed by atoms with Crippen LogP contribution in [0.1, 0.15) is 63.0 Å². The fourth-order valence-electron chi connectivity index (χ4n) is 9.44. The number of anilines is 2. The Bertz CT molecular complexity index is 2150. The Hall–Kier alpha value is -4.43. The van der Waals surface area contributed by atoms with E-state index in [0.29, 0.717) is 67.5 Å². The maximum atomic E-state index is 14.1. The van der Waals surface area contributed by atoms with Crippen LogP contribution in [0.4, 0.5) is 24.9 Å². The van der Waals surface area contributed by atoms with Gasteiger partial charge in [0.15, 0.2) is 12.4 Å². The third-order valence-corrected chi connectivity index (χ3v) is 13.0. The zero-order chi connectivity index (χ0) is 38.4. The highest BCUT2D eigenvalue weighted by atomic mass is 19.4. The number of ether oxygens (including phenoxy) is 1. The summed E-state index contributed by atoms with van der Waals surface area (Å²) in [6, 6.07) is 6.30. The van der Waals surface area contributed by atoms with Crippen molar-refractivity contribution < 1.29 is 27.8 Å². The number of nitrogens with one attached hydrogen (secondary N) is 1. The lowest BCUT2D eigenvalue weighted by Gasteiger charge is -2.54. The summed E-state index contributed by atoms with van der Waals surface area (Å²) >= 11 is 0. The summed E-state index contributed by atoms with van der Waals surface area (Å²) in [5, 5.41) is 19.5. The molecule has 5 fully saturated rings. The van der Waals surface area contributed by atoms with Crippen molar-refractivity contribution in [2.75, 3.05) is 68.8 Å². The number of likely N-dealkylation sites (tertiary alicyclic amines) is 2. The number of carbonyl (C=O) groups is 1. The number of fused-ring (bicyclic) bond motifs is 2. The van der Waals surface area contributed by atoms with Gasteiger partial charge in [0.05, 0.1) is 17.3 Å². The molecule has 1 atom stereocenters. The number of aliphatic hydroxyl groups is 1. The van der Waals surface area contributed by atoms with E-state index < -0.39 is 18.4 Å². The molecule has 2 N–H and O–H groups in total. The number of halogens is 3. The van der Waals surface area contributed by atoms with Gasteiger partial charge in [-0.25, -0.2) is 4.98 Å². The molecule has 1 aliphatic carbocycles. The van der Waals surface area contributed by atoms with E-state index in [9.17, 15) is 23.1 Å². The largest absolute Gasteiger partial charge is 0.481 e. The Labute approximate surface area is 318 Å². The molecule has 14 heteroatoms. The minimum Gasteiger partial charge on any atom is -0.481 e. The normalized spacial score (nSPS) is 22.1. The fraction of sp³-hybridized carbons (Fsp3) is 0.561. The molecular formula is C41H49F3N8O3. The smallest absolute Gasteiger partial charge is 0.422 e. The monoisotopic (exact) mass is 758 g/mol. The predicted octanol–water partition coefficient (Wildman–Crippen LogP) is 6.20. The van der Waals surface area contributed by atoms with E-state index >= 15 is 0 Å². The molecule has 1 amide bonds. The molecular weight excluding hydrogens is 709 g/mol. The summed E-state index contributed by atoms with van der Waals surface area (Å²) in [7, 11) is 0. The third kappa shape index (κ3) is 6.58. The second-order valence-electron chi connectivity index (χ2n) is 17.3. The van der Waals surface area contributed by atoms with Gasteiger partial charge in [0, 0.05) is 79.5 Å². The average molecular weight is 759 g/mol. The number of benzene rings is 2. The summed E-state index contributed by atoms with van der Waals surface area (Å²) in [6.07, 6.45) is 3.05. The van der Waals surface area contributed by atoms with Gasteiger partial charge in [0.1, 0.15) is 11.3 Å². The van der Waals surface area contributed by atoms with Crippen LogP contribution in [0.25, 0.3) is 32.9 Å². The summed E-state index contributed by atoms with van der Waals surface area (Å²) in [4.78, 5) is 31.3. The van der Waals surface area contributed by atoms with E-state index in [1.54, 1.807) is 6.20 Å². The standard InChI is InChI=1S/C41H49F3N8O3/c1-5-32(53)52-21-40(22-52)11-14-49(15-12-40)37-29-16-28(25-7-8-25)34(33-24(2)6-9-31-30(33)17-45-48-31)36(55-23-41(42,43)44)35(29)46-38(47-37)51-19-27(20-51)50-13-10-26(18-50)39(3,4)54/h5-6,9,16-17,25-27,54H,1,7-8,10-15,18-23H2,2-4H3,(H,45,48)/t26-/m1/s1. The van der Waals surface area contributed by atoms with Crippen molar-refractivity contribution in [1.82, 2.24) is 30.0 Å². The average Bonchev–Trinajstić information content (AvgIpc) is 3.62. The fourth-order valence-corrected chi connectivity index (χ4v) is 9.44. The summed E-state index contributed by atoms with van der Waals surface area (Å²) in [5.74, 6) is 1.63. The maximum Gasteiger partial charge on any atom is 0.422 e. The van der Waals surface area contributed by atoms with Crippen molar-refractivity contribution in [2.24, 2.45) is 11.3 Å². The Morgan fingerprint density at radius 1 is 1.04 bits per heavy atom. The van der Waals surface area contributed by atoms with Gasteiger partial charge in [-0.1, -0.05) is 12.6 Å². The lowest BCUT2D eigenvalue weighted by atomic mass is 9.72. The molecule has 4 aromatic rings. The molecule has 11 nitrogen and oxygen atoms in total. The van der Waals surface area contributed by atoms with Crippen molar-refractivity contribution in [1.29, 1.82) is 0 Å². The molecule has 0 radical (unpaired) electrons. The van der Waals surface area contributed by atoms with Crippen molar-refractivity contribution in [3.8, 4) is 16.9 Å². The van der Waals surface area contributed by atoms with Crippen LogP contribution in [0.5, 0.6) is 5.75 Å². The number of hydrogen-bond acceptors (Lipinski definition) is 9. The van der Waals surface area contributed by atoms with E-state index in [1.165, 1.54) is 6.08 Å². The molecule has 1 saturated carbocycles. The topological polar surface area (TPSA) is 114 Å². The Morgan fingerprint density at radius 2 is 1.78 bits per heavy atom. The third-order valence-electron chi connectivity index (χ3n) is 13.0. The van der Waals surface area contributed by atoms with Crippen LogP contribution in [0.15, 0.2) is 37.1 Å². The van der Waals surface area contributed by atoms with Gasteiger partial charge in [-0.15, -0.1) is 0 Å². The number of carbonyl (C=O) groups excluding carboxylic acids is 1. The number of aromatic nitrogens is 4. The molecule has 0 unspecified atom stereocenters. The van der Waals surface area contributed by atoms with Gasteiger partial charge in [-0.05, 0) is 100 Å². The maximum absolute atomic E-state index is 14.1. The van der Waals surface area contributed by atoms with Crippen molar-refractivity contribution >= 4 is 39.5 Å². The van der Waals surface area contributed by atoms with E-state index in [1.807, 2.05) is 37.8 Å². The van der Waals surface area contributed by atoms with Crippen LogP contribution >= 0.6 is 0 Å². The molecule has 1 spiro atoms. The van der Waals surface area contributed by atoms with Crippen LogP contribution in [0.3, 0.4) is 0 Å². The summed E-state index contributed by atoms with van der Waals surface area (Å²) in [5.41, 5.74) is 3.77. The molecule has 9 rings (SSSR count). The first kappa shape index (κ1) is 36.2. The Balaban J connectivity index is 1.15.